The topological polar surface area (TPSA) is 59.4 Å². The van der Waals surface area contributed by atoms with Crippen LogP contribution in [0.2, 0.25) is 0 Å². The van der Waals surface area contributed by atoms with Gasteiger partial charge in [-0.1, -0.05) is 19.1 Å². The summed E-state index contributed by atoms with van der Waals surface area (Å²) in [5, 5.41) is 11.9. The highest BCUT2D eigenvalue weighted by Gasteiger charge is 2.35. The summed E-state index contributed by atoms with van der Waals surface area (Å²) in [4.78, 5) is 16.9. The van der Waals surface area contributed by atoms with Crippen molar-refractivity contribution in [3.63, 3.8) is 0 Å². The Bertz CT molecular complexity index is 637. The summed E-state index contributed by atoms with van der Waals surface area (Å²) in [7, 11) is 0. The maximum atomic E-state index is 12.2. The fourth-order valence-corrected chi connectivity index (χ4v) is 4.49. The number of likely N-dealkylation sites (tertiary alicyclic amines) is 2. The van der Waals surface area contributed by atoms with Gasteiger partial charge < -0.3 is 15.1 Å². The normalized spacial score (nSPS) is 22.3. The van der Waals surface area contributed by atoms with Crippen LogP contribution in [0.15, 0.2) is 24.3 Å². The number of amides is 2. The van der Waals surface area contributed by atoms with Crippen LogP contribution in [0.4, 0.5) is 4.79 Å². The first kappa shape index (κ1) is 19.7. The molecular weight excluding hydrogens is 336 g/mol. The molecule has 2 atom stereocenters. The minimum absolute atomic E-state index is 0.127. The molecule has 0 aliphatic carbocycles. The van der Waals surface area contributed by atoms with Crippen LogP contribution in [0.1, 0.15) is 43.7 Å². The van der Waals surface area contributed by atoms with E-state index < -0.39 is 0 Å². The van der Waals surface area contributed by atoms with Gasteiger partial charge in [0.25, 0.3) is 0 Å². The zero-order chi connectivity index (χ0) is 19.1. The number of hydrogen-bond donors (Lipinski definition) is 1. The smallest absolute Gasteiger partial charge is 0.317 e. The Morgan fingerprint density at radius 1 is 1.15 bits per heavy atom. The Balaban J connectivity index is 1.37. The average molecular weight is 369 g/mol. The molecule has 1 aromatic rings. The highest BCUT2D eigenvalue weighted by atomic mass is 16.2. The quantitative estimate of drug-likeness (QED) is 0.752. The van der Waals surface area contributed by atoms with Gasteiger partial charge in [-0.3, -0.25) is 0 Å². The number of nitriles is 1. The number of carbonyl (C=O) groups is 1. The highest BCUT2D eigenvalue weighted by molar-refractivity contribution is 5.74. The van der Waals surface area contributed by atoms with E-state index in [9.17, 15) is 4.79 Å². The summed E-state index contributed by atoms with van der Waals surface area (Å²) >= 11 is 0. The lowest BCUT2D eigenvalue weighted by Crippen LogP contribution is -2.56. The molecule has 0 spiro atoms. The van der Waals surface area contributed by atoms with Gasteiger partial charge in [-0.05, 0) is 68.2 Å². The van der Waals surface area contributed by atoms with Crippen LogP contribution in [0.25, 0.3) is 0 Å². The summed E-state index contributed by atoms with van der Waals surface area (Å²) < 4.78 is 0. The molecule has 2 saturated heterocycles. The summed E-state index contributed by atoms with van der Waals surface area (Å²) in [6.07, 6.45) is 5.74. The second-order valence-corrected chi connectivity index (χ2v) is 8.13. The summed E-state index contributed by atoms with van der Waals surface area (Å²) in [6.45, 7) is 8.10. The third-order valence-electron chi connectivity index (χ3n) is 5.74. The minimum atomic E-state index is 0.127. The molecule has 27 heavy (non-hydrogen) atoms. The van der Waals surface area contributed by atoms with E-state index >= 15 is 0 Å². The summed E-state index contributed by atoms with van der Waals surface area (Å²) in [6, 6.07) is 10.3. The predicted molar refractivity (Wildman–Crippen MR) is 107 cm³/mol. The van der Waals surface area contributed by atoms with Gasteiger partial charge in [0.15, 0.2) is 0 Å². The number of hydrogen-bond acceptors (Lipinski definition) is 3. The monoisotopic (exact) mass is 368 g/mol. The van der Waals surface area contributed by atoms with Crippen molar-refractivity contribution in [3.8, 4) is 6.07 Å². The maximum absolute atomic E-state index is 12.2. The zero-order valence-corrected chi connectivity index (χ0v) is 16.5. The van der Waals surface area contributed by atoms with E-state index in [1.807, 2.05) is 17.0 Å². The lowest BCUT2D eigenvalue weighted by Gasteiger charge is -2.45. The van der Waals surface area contributed by atoms with E-state index in [1.165, 1.54) is 24.8 Å². The van der Waals surface area contributed by atoms with Gasteiger partial charge in [-0.15, -0.1) is 0 Å². The van der Waals surface area contributed by atoms with Crippen molar-refractivity contribution in [1.82, 2.24) is 15.1 Å². The largest absolute Gasteiger partial charge is 0.338 e. The van der Waals surface area contributed by atoms with Gasteiger partial charge in [-0.25, -0.2) is 4.79 Å². The third-order valence-corrected chi connectivity index (χ3v) is 5.74. The number of piperidine rings is 2. The van der Waals surface area contributed by atoms with Crippen molar-refractivity contribution < 1.29 is 4.79 Å². The number of aryl methyl sites for hydroxylation is 1. The minimum Gasteiger partial charge on any atom is -0.338 e. The summed E-state index contributed by atoms with van der Waals surface area (Å²) in [5.41, 5.74) is 2.05. The molecule has 2 heterocycles. The molecule has 2 fully saturated rings. The van der Waals surface area contributed by atoms with Gasteiger partial charge in [0.05, 0.1) is 11.6 Å². The predicted octanol–water partition coefficient (Wildman–Crippen LogP) is 3.25. The first-order valence-corrected chi connectivity index (χ1v) is 10.4. The standard InChI is InChI=1S/C22H32N4O/c1-2-10-24-22(27)26-16-20-12-21(17-26)15-25(14-20)11-4-3-5-18-6-8-19(13-23)9-7-18/h6-9,20-21H,2-5,10-12,14-17H2,1H3,(H,24,27). The van der Waals surface area contributed by atoms with Gasteiger partial charge in [0, 0.05) is 32.7 Å². The molecule has 2 aliphatic rings. The van der Waals surface area contributed by atoms with Crippen LogP contribution in [-0.4, -0.2) is 55.1 Å². The molecule has 2 unspecified atom stereocenters. The lowest BCUT2D eigenvalue weighted by atomic mass is 9.84. The van der Waals surface area contributed by atoms with Gasteiger partial charge in [0.1, 0.15) is 0 Å². The third kappa shape index (κ3) is 5.71. The van der Waals surface area contributed by atoms with Crippen molar-refractivity contribution in [2.75, 3.05) is 39.3 Å². The molecule has 0 radical (unpaired) electrons. The van der Waals surface area contributed by atoms with Crippen LogP contribution in [0.3, 0.4) is 0 Å². The van der Waals surface area contributed by atoms with Crippen molar-refractivity contribution in [1.29, 1.82) is 5.26 Å². The molecular formula is C22H32N4O. The van der Waals surface area contributed by atoms with Crippen molar-refractivity contribution in [3.05, 3.63) is 35.4 Å². The van der Waals surface area contributed by atoms with Gasteiger partial charge in [-0.2, -0.15) is 5.26 Å². The second-order valence-electron chi connectivity index (χ2n) is 8.13. The first-order chi connectivity index (χ1) is 13.2. The van der Waals surface area contributed by atoms with E-state index in [1.54, 1.807) is 0 Å². The molecule has 5 heteroatoms. The molecule has 2 bridgehead atoms. The molecule has 146 valence electrons. The number of carbonyl (C=O) groups excluding carboxylic acids is 1. The zero-order valence-electron chi connectivity index (χ0n) is 16.5. The lowest BCUT2D eigenvalue weighted by molar-refractivity contribution is 0.0459. The molecule has 5 nitrogen and oxygen atoms in total. The SMILES string of the molecule is CCCNC(=O)N1CC2CC(CN(CCCCc3ccc(C#N)cc3)C2)C1. The number of unbranched alkanes of at least 4 members (excludes halogenated alkanes) is 1. The van der Waals surface area contributed by atoms with Crippen LogP contribution in [0.5, 0.6) is 0 Å². The van der Waals surface area contributed by atoms with E-state index in [-0.39, 0.29) is 6.03 Å². The van der Waals surface area contributed by atoms with Crippen LogP contribution >= 0.6 is 0 Å². The fraction of sp³-hybridized carbons (Fsp3) is 0.636. The van der Waals surface area contributed by atoms with Crippen LogP contribution in [0, 0.1) is 23.2 Å². The van der Waals surface area contributed by atoms with E-state index in [0.717, 1.165) is 57.7 Å². The number of fused-ring (bicyclic) bond motifs is 2. The van der Waals surface area contributed by atoms with Crippen molar-refractivity contribution in [2.24, 2.45) is 11.8 Å². The fourth-order valence-electron chi connectivity index (χ4n) is 4.49. The van der Waals surface area contributed by atoms with Crippen LogP contribution < -0.4 is 5.32 Å². The van der Waals surface area contributed by atoms with Crippen LogP contribution in [-0.2, 0) is 6.42 Å². The van der Waals surface area contributed by atoms with Gasteiger partial charge in [0.2, 0.25) is 0 Å². The molecule has 1 aromatic carbocycles. The molecule has 3 rings (SSSR count). The Morgan fingerprint density at radius 2 is 1.85 bits per heavy atom. The summed E-state index contributed by atoms with van der Waals surface area (Å²) in [5.74, 6) is 1.26. The highest BCUT2D eigenvalue weighted by Crippen LogP contribution is 2.28. The average Bonchev–Trinajstić information content (AvgIpc) is 2.69. The van der Waals surface area contributed by atoms with Crippen molar-refractivity contribution >= 4 is 6.03 Å². The Hall–Kier alpha value is -2.06. The molecule has 0 aromatic heterocycles. The molecule has 2 aliphatic heterocycles. The van der Waals surface area contributed by atoms with E-state index in [0.29, 0.717) is 11.8 Å². The molecule has 0 saturated carbocycles. The van der Waals surface area contributed by atoms with Gasteiger partial charge >= 0.3 is 6.03 Å². The first-order valence-electron chi connectivity index (χ1n) is 10.4. The Labute approximate surface area is 163 Å². The van der Waals surface area contributed by atoms with Crippen molar-refractivity contribution in [2.45, 2.75) is 39.0 Å². The van der Waals surface area contributed by atoms with E-state index in [4.69, 9.17) is 5.26 Å². The molecule has 1 N–H and O–H groups in total. The second kappa shape index (κ2) is 9.75. The number of nitrogens with one attached hydrogen (secondary N) is 1. The molecule has 2 amide bonds. The Morgan fingerprint density at radius 3 is 2.48 bits per heavy atom. The maximum Gasteiger partial charge on any atom is 0.317 e. The Kier molecular flexibility index (Phi) is 7.11. The number of rotatable bonds is 7. The van der Waals surface area contributed by atoms with E-state index in [2.05, 4.69) is 35.3 Å². The number of nitrogens with zero attached hydrogens (tertiary/aromatic N) is 3. The number of benzene rings is 1. The number of urea groups is 1.